The van der Waals surface area contributed by atoms with Crippen molar-refractivity contribution in [2.45, 2.75) is 8.16 Å². The summed E-state index contributed by atoms with van der Waals surface area (Å²) in [6.07, 6.45) is 0. The molecule has 0 N–H and O–H groups in total. The zero-order valence-electron chi connectivity index (χ0n) is 8.48. The second kappa shape index (κ2) is 5.47. The van der Waals surface area contributed by atoms with Gasteiger partial charge in [0.2, 0.25) is 0 Å². The topological polar surface area (TPSA) is 77.5 Å². The van der Waals surface area contributed by atoms with Crippen molar-refractivity contribution in [1.82, 2.24) is 0 Å². The van der Waals surface area contributed by atoms with Gasteiger partial charge in [-0.2, -0.15) is 17.2 Å². The van der Waals surface area contributed by atoms with Crippen LogP contribution in [0.4, 0.5) is 8.78 Å². The number of halogens is 5. The third-order valence-electron chi connectivity index (χ3n) is 1.62. The van der Waals surface area contributed by atoms with E-state index in [0.717, 1.165) is 12.1 Å². The quantitative estimate of drug-likeness (QED) is 0.295. The van der Waals surface area contributed by atoms with E-state index in [2.05, 4.69) is 4.18 Å². The standard InChI is InChI=1S/C7H3Cl2F2IO5S2/c8-4-1-5(3-6(2-4)18(9,13)14)17-19(15,16)7(10,11)12/h1-3H. The van der Waals surface area contributed by atoms with E-state index in [1.54, 1.807) is 0 Å². The van der Waals surface area contributed by atoms with Crippen LogP contribution in [0.15, 0.2) is 23.1 Å². The molecule has 0 bridgehead atoms. The van der Waals surface area contributed by atoms with Crippen LogP contribution < -0.4 is 4.18 Å². The molecule has 0 saturated carbocycles. The molecular formula is C7H3Cl2F2IO5S2. The number of benzene rings is 1. The van der Waals surface area contributed by atoms with Gasteiger partial charge >= 0.3 is 13.4 Å². The van der Waals surface area contributed by atoms with Gasteiger partial charge in [0.1, 0.15) is 5.75 Å². The first kappa shape index (κ1) is 17.1. The fourth-order valence-electron chi connectivity index (χ4n) is 0.900. The maximum absolute atomic E-state index is 12.7. The molecule has 0 radical (unpaired) electrons. The van der Waals surface area contributed by atoms with Crippen LogP contribution in [0.25, 0.3) is 0 Å². The highest BCUT2D eigenvalue weighted by atomic mass is 127. The third-order valence-corrected chi connectivity index (χ3v) is 5.76. The molecule has 0 atom stereocenters. The summed E-state index contributed by atoms with van der Waals surface area (Å²) in [6.45, 7) is 0. The van der Waals surface area contributed by atoms with Gasteiger partial charge < -0.3 is 4.18 Å². The Hall–Kier alpha value is 0.0900. The Morgan fingerprint density at radius 2 is 1.68 bits per heavy atom. The minimum atomic E-state index is -5.27. The second-order valence-electron chi connectivity index (χ2n) is 3.04. The van der Waals surface area contributed by atoms with Gasteiger partial charge in [-0.15, -0.1) is 0 Å². The van der Waals surface area contributed by atoms with Gasteiger partial charge in [-0.25, -0.2) is 8.42 Å². The summed E-state index contributed by atoms with van der Waals surface area (Å²) in [5.41, 5.74) is 0. The summed E-state index contributed by atoms with van der Waals surface area (Å²) < 4.78 is 69.6. The Morgan fingerprint density at radius 1 is 1.16 bits per heavy atom. The van der Waals surface area contributed by atoms with E-state index in [4.69, 9.17) is 22.3 Å². The Morgan fingerprint density at radius 3 is 2.11 bits per heavy atom. The molecule has 0 aliphatic heterocycles. The first-order valence-electron chi connectivity index (χ1n) is 4.09. The molecule has 5 nitrogen and oxygen atoms in total. The minimum absolute atomic E-state index is 0.247. The summed E-state index contributed by atoms with van der Waals surface area (Å²) in [6, 6.07) is 2.42. The molecule has 1 aromatic carbocycles. The van der Waals surface area contributed by atoms with Gasteiger partial charge in [-0.05, 0) is 6.07 Å². The number of alkyl halides is 3. The fraction of sp³-hybridized carbons (Fsp3) is 0.143. The van der Waals surface area contributed by atoms with Crippen molar-refractivity contribution in [1.29, 1.82) is 0 Å². The van der Waals surface area contributed by atoms with E-state index in [0.29, 0.717) is 28.7 Å². The Bertz CT molecular complexity index is 699. The highest BCUT2D eigenvalue weighted by molar-refractivity contribution is 14.1. The monoisotopic (exact) mass is 466 g/mol. The van der Waals surface area contributed by atoms with Crippen molar-refractivity contribution in [2.24, 2.45) is 0 Å². The molecular weight excluding hydrogens is 464 g/mol. The molecule has 108 valence electrons. The Labute approximate surface area is 130 Å². The van der Waals surface area contributed by atoms with Crippen LogP contribution in [0.3, 0.4) is 0 Å². The summed E-state index contributed by atoms with van der Waals surface area (Å²) >= 11 is 5.87. The lowest BCUT2D eigenvalue weighted by molar-refractivity contribution is 0.201. The maximum atomic E-state index is 12.7. The van der Waals surface area contributed by atoms with E-state index < -0.39 is 33.1 Å². The highest BCUT2D eigenvalue weighted by Crippen LogP contribution is 2.34. The molecule has 0 aliphatic carbocycles. The Balaban J connectivity index is 3.29. The average molecular weight is 467 g/mol. The van der Waals surface area contributed by atoms with Gasteiger partial charge in [0.05, 0.1) is 4.90 Å². The van der Waals surface area contributed by atoms with Crippen LogP contribution in [0.1, 0.15) is 0 Å². The normalized spacial score (nSPS) is 13.3. The van der Waals surface area contributed by atoms with Crippen molar-refractivity contribution >= 4 is 64.0 Å². The maximum Gasteiger partial charge on any atom is 0.428 e. The van der Waals surface area contributed by atoms with Gasteiger partial charge in [-0.1, -0.05) is 11.6 Å². The van der Waals surface area contributed by atoms with Crippen molar-refractivity contribution in [2.75, 3.05) is 0 Å². The first-order valence-corrected chi connectivity index (χ1v) is 9.26. The molecule has 1 rings (SSSR count). The first-order chi connectivity index (χ1) is 8.33. The third kappa shape index (κ3) is 4.55. The lowest BCUT2D eigenvalue weighted by Gasteiger charge is -2.11. The van der Waals surface area contributed by atoms with E-state index >= 15 is 0 Å². The van der Waals surface area contributed by atoms with E-state index in [-0.39, 0.29) is 5.02 Å². The molecule has 0 fully saturated rings. The molecule has 0 saturated heterocycles. The molecule has 0 heterocycles. The van der Waals surface area contributed by atoms with Crippen molar-refractivity contribution in [3.63, 3.8) is 0 Å². The number of hydrogen-bond donors (Lipinski definition) is 0. The largest absolute Gasteiger partial charge is 0.428 e. The smallest absolute Gasteiger partial charge is 0.377 e. The lowest BCUT2D eigenvalue weighted by Crippen LogP contribution is -2.26. The van der Waals surface area contributed by atoms with Crippen LogP contribution in [-0.4, -0.2) is 20.1 Å². The molecule has 0 aromatic heterocycles. The second-order valence-corrected chi connectivity index (χ2v) is 9.72. The molecule has 0 spiro atoms. The van der Waals surface area contributed by atoms with Crippen molar-refractivity contribution in [3.05, 3.63) is 23.2 Å². The van der Waals surface area contributed by atoms with Crippen LogP contribution in [0, 0.1) is 0 Å². The summed E-state index contributed by atoms with van der Waals surface area (Å²) in [5.74, 6) is -0.692. The van der Waals surface area contributed by atoms with Gasteiger partial charge in [0, 0.05) is 50.4 Å². The SMILES string of the molecule is O=S(=O)(Cl)c1cc(Cl)cc(OS(=O)(=O)C(F)(F)I)c1. The minimum Gasteiger partial charge on any atom is -0.377 e. The predicted molar refractivity (Wildman–Crippen MR) is 73.0 cm³/mol. The summed E-state index contributed by atoms with van der Waals surface area (Å²) in [4.78, 5) is -0.580. The highest BCUT2D eigenvalue weighted by Gasteiger charge is 2.44. The lowest BCUT2D eigenvalue weighted by atomic mass is 10.3. The van der Waals surface area contributed by atoms with Gasteiger partial charge in [0.15, 0.2) is 0 Å². The van der Waals surface area contributed by atoms with E-state index in [1.807, 2.05) is 0 Å². The van der Waals surface area contributed by atoms with Crippen LogP contribution in [0.5, 0.6) is 5.75 Å². The van der Waals surface area contributed by atoms with Crippen LogP contribution >= 0.6 is 44.9 Å². The zero-order valence-corrected chi connectivity index (χ0v) is 13.8. The van der Waals surface area contributed by atoms with Crippen molar-refractivity contribution < 1.29 is 29.8 Å². The molecule has 0 unspecified atom stereocenters. The summed E-state index contributed by atoms with van der Waals surface area (Å²) in [5, 5.41) is -0.247. The fourth-order valence-corrected chi connectivity index (χ4v) is 2.70. The van der Waals surface area contributed by atoms with Crippen LogP contribution in [0.2, 0.25) is 5.02 Å². The molecule has 0 amide bonds. The van der Waals surface area contributed by atoms with Gasteiger partial charge in [-0.3, -0.25) is 0 Å². The van der Waals surface area contributed by atoms with Crippen molar-refractivity contribution in [3.8, 4) is 5.75 Å². The Kier molecular flexibility index (Phi) is 4.93. The van der Waals surface area contributed by atoms with Gasteiger partial charge in [0.25, 0.3) is 9.05 Å². The molecule has 19 heavy (non-hydrogen) atoms. The number of rotatable bonds is 4. The number of hydrogen-bond acceptors (Lipinski definition) is 5. The van der Waals surface area contributed by atoms with Crippen LogP contribution in [-0.2, 0) is 19.2 Å². The molecule has 12 heteroatoms. The van der Waals surface area contributed by atoms with E-state index in [1.165, 1.54) is 0 Å². The average Bonchev–Trinajstić information content (AvgIpc) is 2.12. The van der Waals surface area contributed by atoms with E-state index in [9.17, 15) is 25.6 Å². The molecule has 0 aliphatic rings. The zero-order chi connectivity index (χ0) is 15.1. The summed E-state index contributed by atoms with van der Waals surface area (Å²) in [7, 11) is -4.47. The predicted octanol–water partition coefficient (Wildman–Crippen LogP) is 2.96. The molecule has 1 aromatic rings.